The molecule has 32 heavy (non-hydrogen) atoms. The average Bonchev–Trinajstić information content (AvgIpc) is 3.43. The van der Waals surface area contributed by atoms with Crippen LogP contribution in [0.1, 0.15) is 37.5 Å². The van der Waals surface area contributed by atoms with Crippen molar-refractivity contribution >= 4 is 28.4 Å². The lowest BCUT2D eigenvalue weighted by Crippen LogP contribution is -2.29. The number of nitrogens with two attached hydrogens (primary N) is 1. The van der Waals surface area contributed by atoms with Gasteiger partial charge in [-0.2, -0.15) is 5.10 Å². The van der Waals surface area contributed by atoms with Gasteiger partial charge in [-0.1, -0.05) is 17.7 Å². The molecule has 1 saturated heterocycles. The van der Waals surface area contributed by atoms with E-state index in [0.717, 1.165) is 42.4 Å². The third-order valence-electron chi connectivity index (χ3n) is 5.89. The normalized spacial score (nSPS) is 15.8. The number of halogens is 2. The number of anilines is 1. The Bertz CT molecular complexity index is 1260. The summed E-state index contributed by atoms with van der Waals surface area (Å²) in [6.07, 6.45) is 8.63. The molecule has 1 aromatic carbocycles. The Labute approximate surface area is 189 Å². The van der Waals surface area contributed by atoms with Crippen molar-refractivity contribution in [3.8, 4) is 16.9 Å². The van der Waals surface area contributed by atoms with Crippen molar-refractivity contribution in [1.29, 1.82) is 0 Å². The monoisotopic (exact) mass is 455 g/mol. The number of hydrogen-bond donors (Lipinski definition) is 2. The summed E-state index contributed by atoms with van der Waals surface area (Å²) in [5.74, 6) is 0.000496. The van der Waals surface area contributed by atoms with Crippen molar-refractivity contribution < 1.29 is 13.5 Å². The number of nitrogens with one attached hydrogen (secondary N) is 1. The zero-order valence-electron chi connectivity index (χ0n) is 17.5. The number of fused-ring (bicyclic) bond motifs is 1. The van der Waals surface area contributed by atoms with E-state index in [1.54, 1.807) is 31.5 Å². The summed E-state index contributed by atoms with van der Waals surface area (Å²) < 4.78 is 28.2. The molecule has 166 valence electrons. The van der Waals surface area contributed by atoms with Gasteiger partial charge in [-0.25, -0.2) is 9.37 Å². The lowest BCUT2D eigenvalue weighted by molar-refractivity contribution is 0.222. The van der Waals surface area contributed by atoms with Crippen molar-refractivity contribution in [1.82, 2.24) is 20.1 Å². The first-order valence-electron chi connectivity index (χ1n) is 10.5. The number of ether oxygens (including phenoxy) is 1. The smallest absolute Gasteiger partial charge is 0.205 e. The number of piperidine rings is 1. The molecule has 4 aromatic rings. The molecule has 4 heterocycles. The predicted molar refractivity (Wildman–Crippen MR) is 121 cm³/mol. The molecular formula is C23H23ClFN5O2. The van der Waals surface area contributed by atoms with Crippen LogP contribution < -0.4 is 15.8 Å². The van der Waals surface area contributed by atoms with Crippen molar-refractivity contribution in [2.45, 2.75) is 31.9 Å². The summed E-state index contributed by atoms with van der Waals surface area (Å²) in [7, 11) is 0. The number of pyridine rings is 1. The molecule has 1 unspecified atom stereocenters. The molecule has 0 bridgehead atoms. The van der Waals surface area contributed by atoms with E-state index in [1.807, 2.05) is 17.1 Å². The van der Waals surface area contributed by atoms with E-state index < -0.39 is 11.9 Å². The number of aromatic nitrogens is 3. The molecule has 1 aliphatic heterocycles. The summed E-state index contributed by atoms with van der Waals surface area (Å²) in [6.45, 7) is 3.72. The van der Waals surface area contributed by atoms with Gasteiger partial charge in [0, 0.05) is 34.1 Å². The molecule has 0 aliphatic carbocycles. The maximum absolute atomic E-state index is 14.4. The maximum Gasteiger partial charge on any atom is 0.205 e. The minimum Gasteiger partial charge on any atom is -0.478 e. The first kappa shape index (κ1) is 20.8. The van der Waals surface area contributed by atoms with Crippen LogP contribution in [0, 0.1) is 5.82 Å². The van der Waals surface area contributed by atoms with Crippen molar-refractivity contribution in [2.75, 3.05) is 18.8 Å². The summed E-state index contributed by atoms with van der Waals surface area (Å²) in [4.78, 5) is 4.29. The van der Waals surface area contributed by atoms with E-state index in [1.165, 1.54) is 6.07 Å². The fraction of sp³-hybridized carbons (Fsp3) is 0.304. The van der Waals surface area contributed by atoms with Gasteiger partial charge in [0.2, 0.25) is 5.75 Å². The largest absolute Gasteiger partial charge is 0.478 e. The lowest BCUT2D eigenvalue weighted by atomic mass is 10.1. The zero-order chi connectivity index (χ0) is 22.2. The summed E-state index contributed by atoms with van der Waals surface area (Å²) in [5.41, 5.74) is 8.69. The Kier molecular flexibility index (Phi) is 5.48. The third kappa shape index (κ3) is 3.80. The first-order chi connectivity index (χ1) is 15.5. The molecular weight excluding hydrogens is 433 g/mol. The summed E-state index contributed by atoms with van der Waals surface area (Å²) >= 11 is 5.86. The molecule has 3 aromatic heterocycles. The SMILES string of the molecule is CC(Oc1c(N)ncc2c(-c3cnn(C4CCNCC4)c3)coc12)c1ccc(Cl)cc1F. The van der Waals surface area contributed by atoms with Crippen LogP contribution in [0.25, 0.3) is 22.1 Å². The van der Waals surface area contributed by atoms with Gasteiger partial charge in [0.05, 0.1) is 17.6 Å². The number of benzene rings is 1. The number of furan rings is 1. The van der Waals surface area contributed by atoms with Crippen LogP contribution in [0.4, 0.5) is 10.2 Å². The number of rotatable bonds is 5. The van der Waals surface area contributed by atoms with Crippen LogP contribution in [0.2, 0.25) is 5.02 Å². The van der Waals surface area contributed by atoms with Gasteiger partial charge in [0.25, 0.3) is 0 Å². The molecule has 0 spiro atoms. The minimum atomic E-state index is -0.627. The standard InChI is InChI=1S/C23H23ClFN5O2/c1-13(17-3-2-15(24)8-20(17)25)32-22-21-18(10-28-23(22)26)19(12-31-21)14-9-29-30(11-14)16-4-6-27-7-5-16/h2-3,8-13,16,27H,4-7H2,1H3,(H2,26,28). The topological polar surface area (TPSA) is 91.1 Å². The number of nitrogen functional groups attached to an aromatic ring is 1. The van der Waals surface area contributed by atoms with Crippen LogP contribution in [0.15, 0.2) is 47.5 Å². The molecule has 0 amide bonds. The number of nitrogens with zero attached hydrogens (tertiary/aromatic N) is 3. The quantitative estimate of drug-likeness (QED) is 0.433. The molecule has 0 saturated carbocycles. The van der Waals surface area contributed by atoms with Crippen molar-refractivity contribution in [2.24, 2.45) is 0 Å². The fourth-order valence-electron chi connectivity index (χ4n) is 4.14. The van der Waals surface area contributed by atoms with Crippen LogP contribution in [-0.2, 0) is 0 Å². The average molecular weight is 456 g/mol. The van der Waals surface area contributed by atoms with Gasteiger partial charge in [-0.3, -0.25) is 4.68 Å². The van der Waals surface area contributed by atoms with Gasteiger partial charge in [-0.05, 0) is 45.0 Å². The van der Waals surface area contributed by atoms with Gasteiger partial charge < -0.3 is 20.2 Å². The highest BCUT2D eigenvalue weighted by Gasteiger charge is 2.22. The first-order valence-corrected chi connectivity index (χ1v) is 10.9. The highest BCUT2D eigenvalue weighted by Crippen LogP contribution is 2.40. The summed E-state index contributed by atoms with van der Waals surface area (Å²) in [6, 6.07) is 4.84. The van der Waals surface area contributed by atoms with Crippen LogP contribution in [0.5, 0.6) is 5.75 Å². The molecule has 9 heteroatoms. The van der Waals surface area contributed by atoms with Gasteiger partial charge in [-0.15, -0.1) is 0 Å². The maximum atomic E-state index is 14.4. The Morgan fingerprint density at radius 3 is 2.91 bits per heavy atom. The zero-order valence-corrected chi connectivity index (χ0v) is 18.3. The number of hydrogen-bond acceptors (Lipinski definition) is 6. The molecule has 7 nitrogen and oxygen atoms in total. The Morgan fingerprint density at radius 2 is 2.12 bits per heavy atom. The van der Waals surface area contributed by atoms with E-state index in [4.69, 9.17) is 26.5 Å². The lowest BCUT2D eigenvalue weighted by Gasteiger charge is -2.22. The molecule has 1 aliphatic rings. The Balaban J connectivity index is 1.47. The van der Waals surface area contributed by atoms with Gasteiger partial charge in [0.1, 0.15) is 18.2 Å². The minimum absolute atomic E-state index is 0.171. The molecule has 0 radical (unpaired) electrons. The van der Waals surface area contributed by atoms with E-state index in [2.05, 4.69) is 15.4 Å². The Hall–Kier alpha value is -3.10. The second-order valence-electron chi connectivity index (χ2n) is 7.98. The van der Waals surface area contributed by atoms with E-state index in [9.17, 15) is 4.39 Å². The van der Waals surface area contributed by atoms with Crippen molar-refractivity contribution in [3.05, 3.63) is 59.5 Å². The van der Waals surface area contributed by atoms with Crippen LogP contribution in [0.3, 0.4) is 0 Å². The second kappa shape index (κ2) is 8.44. The van der Waals surface area contributed by atoms with Gasteiger partial charge in [0.15, 0.2) is 11.4 Å². The van der Waals surface area contributed by atoms with E-state index in [0.29, 0.717) is 22.2 Å². The van der Waals surface area contributed by atoms with Crippen molar-refractivity contribution in [3.63, 3.8) is 0 Å². The van der Waals surface area contributed by atoms with Crippen LogP contribution >= 0.6 is 11.6 Å². The molecule has 1 fully saturated rings. The summed E-state index contributed by atoms with van der Waals surface area (Å²) in [5, 5.41) is 9.01. The third-order valence-corrected chi connectivity index (χ3v) is 6.13. The highest BCUT2D eigenvalue weighted by molar-refractivity contribution is 6.30. The highest BCUT2D eigenvalue weighted by atomic mass is 35.5. The Morgan fingerprint density at radius 1 is 1.31 bits per heavy atom. The van der Waals surface area contributed by atoms with Crippen LogP contribution in [-0.4, -0.2) is 27.9 Å². The molecule has 3 N–H and O–H groups in total. The fourth-order valence-corrected chi connectivity index (χ4v) is 4.30. The second-order valence-corrected chi connectivity index (χ2v) is 8.42. The predicted octanol–water partition coefficient (Wildman–Crippen LogP) is 5.13. The molecule has 5 rings (SSSR count). The van der Waals surface area contributed by atoms with Gasteiger partial charge >= 0.3 is 0 Å². The van der Waals surface area contributed by atoms with E-state index in [-0.39, 0.29) is 11.6 Å². The molecule has 1 atom stereocenters. The van der Waals surface area contributed by atoms with E-state index >= 15 is 0 Å².